The molecule has 0 aromatic rings. The molecule has 0 aromatic carbocycles. The van der Waals surface area contributed by atoms with E-state index in [4.69, 9.17) is 10.2 Å². The van der Waals surface area contributed by atoms with Crippen LogP contribution in [0.5, 0.6) is 0 Å². The number of carboxylic acid groups (broad SMARTS) is 1. The third kappa shape index (κ3) is 17.4. The zero-order chi connectivity index (χ0) is 17.2. The minimum absolute atomic E-state index is 0.390. The standard InChI is InChI=1S/C20H38O3/c1-2-3-4-5-6-7-8-9-10-11-12-13-14-15-16-17-18-19(21)20(22)23/h6-7,19,21H,2-5,8-18H2,1H3,(H,22,23)/b7-6+. The second kappa shape index (κ2) is 17.5. The van der Waals surface area contributed by atoms with Crippen molar-refractivity contribution in [2.75, 3.05) is 0 Å². The smallest absolute Gasteiger partial charge is 0.332 e. The zero-order valence-corrected chi connectivity index (χ0v) is 15.1. The molecule has 0 rings (SSSR count). The second-order valence-electron chi connectivity index (χ2n) is 6.58. The largest absolute Gasteiger partial charge is 0.479 e. The normalized spacial score (nSPS) is 12.8. The molecule has 0 fully saturated rings. The quantitative estimate of drug-likeness (QED) is 0.260. The second-order valence-corrected chi connectivity index (χ2v) is 6.58. The van der Waals surface area contributed by atoms with Crippen molar-refractivity contribution in [3.63, 3.8) is 0 Å². The maximum atomic E-state index is 10.4. The van der Waals surface area contributed by atoms with Gasteiger partial charge in [0.05, 0.1) is 0 Å². The van der Waals surface area contributed by atoms with Crippen LogP contribution < -0.4 is 0 Å². The number of carbonyl (C=O) groups is 1. The van der Waals surface area contributed by atoms with Crippen molar-refractivity contribution in [1.82, 2.24) is 0 Å². The minimum atomic E-state index is -1.17. The van der Waals surface area contributed by atoms with E-state index in [1.165, 1.54) is 70.6 Å². The Morgan fingerprint density at radius 1 is 0.783 bits per heavy atom. The van der Waals surface area contributed by atoms with Gasteiger partial charge in [-0.25, -0.2) is 4.79 Å². The summed E-state index contributed by atoms with van der Waals surface area (Å²) in [5.74, 6) is -1.10. The first-order chi connectivity index (χ1) is 11.2. The first-order valence-corrected chi connectivity index (χ1v) is 9.74. The van der Waals surface area contributed by atoms with Crippen molar-refractivity contribution < 1.29 is 15.0 Å². The van der Waals surface area contributed by atoms with Crippen molar-refractivity contribution in [3.8, 4) is 0 Å². The fraction of sp³-hybridized carbons (Fsp3) is 0.850. The number of carboxylic acids is 1. The lowest BCUT2D eigenvalue weighted by Crippen LogP contribution is -2.18. The molecule has 136 valence electrons. The fourth-order valence-electron chi connectivity index (χ4n) is 2.71. The Balaban J connectivity index is 3.12. The fourth-order valence-corrected chi connectivity index (χ4v) is 2.71. The first-order valence-electron chi connectivity index (χ1n) is 9.74. The summed E-state index contributed by atoms with van der Waals surface area (Å²) in [6, 6.07) is 0. The van der Waals surface area contributed by atoms with Gasteiger partial charge < -0.3 is 10.2 Å². The maximum Gasteiger partial charge on any atom is 0.332 e. The van der Waals surface area contributed by atoms with Crippen LogP contribution in [0, 0.1) is 0 Å². The molecule has 0 radical (unpaired) electrons. The average molecular weight is 327 g/mol. The summed E-state index contributed by atoms with van der Waals surface area (Å²) >= 11 is 0. The van der Waals surface area contributed by atoms with E-state index in [1.54, 1.807) is 0 Å². The van der Waals surface area contributed by atoms with Crippen molar-refractivity contribution in [3.05, 3.63) is 12.2 Å². The monoisotopic (exact) mass is 326 g/mol. The molecule has 3 nitrogen and oxygen atoms in total. The molecule has 0 spiro atoms. The van der Waals surface area contributed by atoms with E-state index >= 15 is 0 Å². The van der Waals surface area contributed by atoms with Crippen LogP contribution in [0.25, 0.3) is 0 Å². The molecule has 0 saturated carbocycles. The number of aliphatic hydroxyl groups excluding tert-OH is 1. The molecule has 0 saturated heterocycles. The van der Waals surface area contributed by atoms with Crippen molar-refractivity contribution >= 4 is 5.97 Å². The molecular weight excluding hydrogens is 288 g/mol. The minimum Gasteiger partial charge on any atom is -0.479 e. The van der Waals surface area contributed by atoms with Gasteiger partial charge in [-0.15, -0.1) is 0 Å². The topological polar surface area (TPSA) is 57.5 Å². The number of rotatable bonds is 17. The number of allylic oxidation sites excluding steroid dienone is 2. The van der Waals surface area contributed by atoms with Gasteiger partial charge in [0.1, 0.15) is 0 Å². The van der Waals surface area contributed by atoms with E-state index in [1.807, 2.05) is 0 Å². The lowest BCUT2D eigenvalue weighted by molar-refractivity contribution is -0.146. The molecule has 0 aliphatic rings. The van der Waals surface area contributed by atoms with E-state index in [-0.39, 0.29) is 0 Å². The van der Waals surface area contributed by atoms with Gasteiger partial charge in [0, 0.05) is 0 Å². The molecule has 0 aliphatic carbocycles. The molecule has 0 bridgehead atoms. The van der Waals surface area contributed by atoms with Gasteiger partial charge in [0.15, 0.2) is 6.10 Å². The van der Waals surface area contributed by atoms with Crippen LogP contribution in [0.4, 0.5) is 0 Å². The molecule has 0 aliphatic heterocycles. The summed E-state index contributed by atoms with van der Waals surface area (Å²) in [6.07, 6.45) is 21.2. The highest BCUT2D eigenvalue weighted by molar-refractivity contribution is 5.71. The van der Waals surface area contributed by atoms with Gasteiger partial charge in [0.25, 0.3) is 0 Å². The van der Waals surface area contributed by atoms with Gasteiger partial charge >= 0.3 is 5.97 Å². The van der Waals surface area contributed by atoms with E-state index in [0.29, 0.717) is 6.42 Å². The van der Waals surface area contributed by atoms with E-state index in [9.17, 15) is 4.79 Å². The molecule has 1 unspecified atom stereocenters. The number of aliphatic hydroxyl groups is 1. The van der Waals surface area contributed by atoms with E-state index in [2.05, 4.69) is 19.1 Å². The summed E-state index contributed by atoms with van der Waals surface area (Å²) in [5, 5.41) is 17.7. The van der Waals surface area contributed by atoms with Crippen LogP contribution in [0.3, 0.4) is 0 Å². The number of aliphatic carboxylic acids is 1. The van der Waals surface area contributed by atoms with Gasteiger partial charge in [-0.3, -0.25) is 0 Å². The van der Waals surface area contributed by atoms with Crippen LogP contribution >= 0.6 is 0 Å². The molecule has 0 aromatic heterocycles. The Bertz CT molecular complexity index is 287. The summed E-state index contributed by atoms with van der Waals surface area (Å²) in [6.45, 7) is 2.24. The Kier molecular flexibility index (Phi) is 16.9. The zero-order valence-electron chi connectivity index (χ0n) is 15.1. The molecule has 0 amide bonds. The number of hydrogen-bond acceptors (Lipinski definition) is 2. The molecule has 3 heteroatoms. The van der Waals surface area contributed by atoms with Crippen LogP contribution in [0.2, 0.25) is 0 Å². The van der Waals surface area contributed by atoms with Crippen LogP contribution in [-0.2, 0) is 4.79 Å². The van der Waals surface area contributed by atoms with Crippen molar-refractivity contribution in [2.24, 2.45) is 0 Å². The SMILES string of the molecule is CCCCC/C=C/CCCCCCCCCCCC(O)C(=O)O. The highest BCUT2D eigenvalue weighted by Crippen LogP contribution is 2.12. The van der Waals surface area contributed by atoms with Crippen molar-refractivity contribution in [1.29, 1.82) is 0 Å². The Morgan fingerprint density at radius 2 is 1.22 bits per heavy atom. The van der Waals surface area contributed by atoms with E-state index in [0.717, 1.165) is 19.3 Å². The maximum absolute atomic E-state index is 10.4. The van der Waals surface area contributed by atoms with Crippen molar-refractivity contribution in [2.45, 2.75) is 109 Å². The number of hydrogen-bond donors (Lipinski definition) is 2. The summed E-state index contributed by atoms with van der Waals surface area (Å²) in [5.41, 5.74) is 0. The highest BCUT2D eigenvalue weighted by Gasteiger charge is 2.11. The third-order valence-corrected chi connectivity index (χ3v) is 4.27. The average Bonchev–Trinajstić information content (AvgIpc) is 2.54. The summed E-state index contributed by atoms with van der Waals surface area (Å²) < 4.78 is 0. The lowest BCUT2D eigenvalue weighted by atomic mass is 10.0. The molecule has 2 N–H and O–H groups in total. The first kappa shape index (κ1) is 22.2. The Hall–Kier alpha value is -0.830. The van der Waals surface area contributed by atoms with Gasteiger partial charge in [0.2, 0.25) is 0 Å². The predicted molar refractivity (Wildman–Crippen MR) is 97.7 cm³/mol. The van der Waals surface area contributed by atoms with Gasteiger partial charge in [-0.05, 0) is 32.1 Å². The van der Waals surface area contributed by atoms with Gasteiger partial charge in [-0.2, -0.15) is 0 Å². The van der Waals surface area contributed by atoms with Crippen LogP contribution in [0.15, 0.2) is 12.2 Å². The molecule has 1 atom stereocenters. The summed E-state index contributed by atoms with van der Waals surface area (Å²) in [7, 11) is 0. The molecule has 23 heavy (non-hydrogen) atoms. The Labute approximate surface area is 143 Å². The third-order valence-electron chi connectivity index (χ3n) is 4.27. The Morgan fingerprint density at radius 3 is 1.70 bits per heavy atom. The number of unbranched alkanes of at least 4 members (excludes halogenated alkanes) is 12. The predicted octanol–water partition coefficient (Wildman–Crippen LogP) is 5.86. The lowest BCUT2D eigenvalue weighted by Gasteiger charge is -2.05. The summed E-state index contributed by atoms with van der Waals surface area (Å²) in [4.78, 5) is 10.4. The van der Waals surface area contributed by atoms with Gasteiger partial charge in [-0.1, -0.05) is 83.3 Å². The van der Waals surface area contributed by atoms with E-state index < -0.39 is 12.1 Å². The molecular formula is C20H38O3. The molecule has 0 heterocycles. The van der Waals surface area contributed by atoms with Crippen LogP contribution in [0.1, 0.15) is 103 Å². The van der Waals surface area contributed by atoms with Crippen LogP contribution in [-0.4, -0.2) is 22.3 Å². The highest BCUT2D eigenvalue weighted by atomic mass is 16.4.